The van der Waals surface area contributed by atoms with Crippen molar-refractivity contribution in [3.63, 3.8) is 0 Å². The van der Waals surface area contributed by atoms with Crippen LogP contribution in [0.15, 0.2) is 54.1 Å². The van der Waals surface area contributed by atoms with Gasteiger partial charge in [0.15, 0.2) is 0 Å². The van der Waals surface area contributed by atoms with E-state index in [1.54, 1.807) is 0 Å². The van der Waals surface area contributed by atoms with Crippen molar-refractivity contribution in [3.8, 4) is 11.1 Å². The number of rotatable bonds is 2. The first kappa shape index (κ1) is 17.6. The summed E-state index contributed by atoms with van der Waals surface area (Å²) in [7, 11) is 0. The predicted molar refractivity (Wildman–Crippen MR) is 98.4 cm³/mol. The van der Waals surface area contributed by atoms with Crippen molar-refractivity contribution in [3.05, 3.63) is 70.1 Å². The van der Waals surface area contributed by atoms with Crippen molar-refractivity contribution in [2.24, 2.45) is 5.92 Å². The molecular weight excluding hydrogens is 367 g/mol. The van der Waals surface area contributed by atoms with E-state index < -0.39 is 0 Å². The second-order valence-electron chi connectivity index (χ2n) is 6.92. The van der Waals surface area contributed by atoms with Gasteiger partial charge in [-0.3, -0.25) is 0 Å². The van der Waals surface area contributed by atoms with Crippen molar-refractivity contribution < 1.29 is 26.2 Å². The Bertz CT molecular complexity index is 850. The van der Waals surface area contributed by atoms with Crippen molar-refractivity contribution in [2.45, 2.75) is 39.0 Å². The largest absolute Gasteiger partial charge is 0.0735 e. The zero-order chi connectivity index (χ0) is 15.6. The molecule has 0 aliphatic heterocycles. The maximum absolute atomic E-state index is 3.61. The number of allylic oxidation sites excluding steroid dienone is 2. The van der Waals surface area contributed by atoms with E-state index in [0.29, 0.717) is 0 Å². The van der Waals surface area contributed by atoms with Crippen LogP contribution < -0.4 is 10.4 Å². The number of hydrogen-bond donors (Lipinski definition) is 0. The van der Waals surface area contributed by atoms with Gasteiger partial charge in [-0.1, -0.05) is 73.4 Å². The quantitative estimate of drug-likeness (QED) is 0.702. The van der Waals surface area contributed by atoms with Crippen molar-refractivity contribution in [2.75, 3.05) is 0 Å². The molecule has 1 saturated carbocycles. The van der Waals surface area contributed by atoms with E-state index in [0.717, 1.165) is 5.92 Å². The number of hydrogen-bond acceptors (Lipinski definition) is 0. The molecule has 0 atom stereocenters. The van der Waals surface area contributed by atoms with Gasteiger partial charge in [0.05, 0.1) is 0 Å². The summed E-state index contributed by atoms with van der Waals surface area (Å²) in [6.45, 7) is 2.14. The van der Waals surface area contributed by atoms with E-state index in [-0.39, 0.29) is 26.2 Å². The molecule has 0 N–H and O–H groups in total. The van der Waals surface area contributed by atoms with Crippen LogP contribution in [0.4, 0.5) is 0 Å². The summed E-state index contributed by atoms with van der Waals surface area (Å²) in [5.41, 5.74) is 5.21. The zero-order valence-corrected chi connectivity index (χ0v) is 16.8. The Hall–Kier alpha value is -1.20. The van der Waals surface area contributed by atoms with Crippen LogP contribution >= 0.6 is 0 Å². The molecule has 24 heavy (non-hydrogen) atoms. The van der Waals surface area contributed by atoms with Crippen LogP contribution in [0.2, 0.25) is 0 Å². The van der Waals surface area contributed by atoms with Gasteiger partial charge < -0.3 is 0 Å². The molecule has 2 aliphatic carbocycles. The van der Waals surface area contributed by atoms with Crippen LogP contribution in [-0.4, -0.2) is 0 Å². The van der Waals surface area contributed by atoms with Gasteiger partial charge in [-0.2, -0.15) is 0 Å². The molecule has 0 unspecified atom stereocenters. The van der Waals surface area contributed by atoms with Gasteiger partial charge in [0.2, 0.25) is 0 Å². The van der Waals surface area contributed by atoms with Gasteiger partial charge >= 0.3 is 0 Å². The van der Waals surface area contributed by atoms with Crippen LogP contribution in [0, 0.1) is 12.8 Å². The first-order valence-corrected chi connectivity index (χ1v) is 8.83. The normalized spacial score (nSPS) is 18.5. The second kappa shape index (κ2) is 7.79. The van der Waals surface area contributed by atoms with E-state index >= 15 is 0 Å². The number of fused-ring (bicyclic) bond motifs is 1. The Morgan fingerprint density at radius 3 is 2.46 bits per heavy atom. The smallest absolute Gasteiger partial charge is 0 e. The van der Waals surface area contributed by atoms with Crippen LogP contribution in [0.3, 0.4) is 0 Å². The van der Waals surface area contributed by atoms with Gasteiger partial charge in [-0.15, -0.1) is 0 Å². The summed E-state index contributed by atoms with van der Waals surface area (Å²) >= 11 is 0. The van der Waals surface area contributed by atoms with E-state index in [2.05, 4.69) is 67.6 Å². The first-order chi connectivity index (χ1) is 11.3. The van der Waals surface area contributed by atoms with Gasteiger partial charge in [0.25, 0.3) is 0 Å². The van der Waals surface area contributed by atoms with Gasteiger partial charge in [-0.05, 0) is 65.0 Å². The Morgan fingerprint density at radius 1 is 0.958 bits per heavy atom. The molecule has 2 aromatic carbocycles. The molecule has 0 bridgehead atoms. The summed E-state index contributed by atoms with van der Waals surface area (Å²) < 4.78 is 0. The fraction of sp³-hybridized carbons (Fsp3) is 0.304. The van der Waals surface area contributed by atoms with Crippen LogP contribution in [-0.2, 0) is 26.2 Å². The van der Waals surface area contributed by atoms with Gasteiger partial charge in [-0.25, -0.2) is 0 Å². The van der Waals surface area contributed by atoms with Crippen molar-refractivity contribution >= 4 is 12.2 Å². The second-order valence-corrected chi connectivity index (χ2v) is 6.92. The average Bonchev–Trinajstić information content (AvgIpc) is 2.99. The number of benzene rings is 2. The molecule has 1 heteroatoms. The molecule has 0 aromatic heterocycles. The Balaban J connectivity index is 0.00000169. The molecule has 4 rings (SSSR count). The minimum atomic E-state index is 0. The monoisotopic (exact) mass is 389 g/mol. The summed E-state index contributed by atoms with van der Waals surface area (Å²) in [6, 6.07) is 15.4. The van der Waals surface area contributed by atoms with Crippen LogP contribution in [0.25, 0.3) is 23.3 Å². The summed E-state index contributed by atoms with van der Waals surface area (Å²) in [4.78, 5) is 0. The third kappa shape index (κ3) is 3.72. The Kier molecular flexibility index (Phi) is 5.72. The van der Waals surface area contributed by atoms with Crippen molar-refractivity contribution in [1.82, 2.24) is 0 Å². The molecule has 0 saturated heterocycles. The predicted octanol–water partition coefficient (Wildman–Crippen LogP) is 4.62. The van der Waals surface area contributed by atoms with Gasteiger partial charge in [0, 0.05) is 26.2 Å². The molecule has 1 radical (unpaired) electrons. The van der Waals surface area contributed by atoms with E-state index in [4.69, 9.17) is 0 Å². The van der Waals surface area contributed by atoms with Crippen LogP contribution in [0.5, 0.6) is 0 Å². The van der Waals surface area contributed by atoms with Crippen LogP contribution in [0.1, 0.15) is 37.7 Å². The Morgan fingerprint density at radius 2 is 1.71 bits per heavy atom. The molecule has 0 heterocycles. The fourth-order valence-corrected chi connectivity index (χ4v) is 3.81. The Labute approximate surface area is 164 Å². The SMILES string of the molecule is Cc1ccc(-c2cccc3c2=CC(=CC2CCCCC2)[C]=3)cc1.[Zr]. The summed E-state index contributed by atoms with van der Waals surface area (Å²) in [6.07, 6.45) is 15.3. The molecular formula is C23H23Zr. The minimum absolute atomic E-state index is 0. The summed E-state index contributed by atoms with van der Waals surface area (Å²) in [5, 5.41) is 2.57. The van der Waals surface area contributed by atoms with E-state index in [9.17, 15) is 0 Å². The molecule has 0 spiro atoms. The maximum atomic E-state index is 3.61. The van der Waals surface area contributed by atoms with Crippen molar-refractivity contribution in [1.29, 1.82) is 0 Å². The molecule has 0 amide bonds. The first-order valence-electron chi connectivity index (χ1n) is 8.83. The third-order valence-corrected chi connectivity index (χ3v) is 5.11. The molecule has 2 aliphatic rings. The molecule has 1 fully saturated rings. The molecule has 2 aromatic rings. The topological polar surface area (TPSA) is 0 Å². The van der Waals surface area contributed by atoms with E-state index in [1.807, 2.05) is 0 Å². The summed E-state index contributed by atoms with van der Waals surface area (Å²) in [5.74, 6) is 0.750. The zero-order valence-electron chi connectivity index (χ0n) is 14.3. The standard InChI is InChI=1S/C23H23.Zr/c1-17-10-12-20(13-11-17)22-9-5-8-21-15-19(16-23(21)22)14-18-6-3-2-4-7-18;/h5,8-14,16,18H,2-4,6-7H2,1H3;. The third-order valence-electron chi connectivity index (χ3n) is 5.11. The average molecular weight is 391 g/mol. The molecule has 0 nitrogen and oxygen atoms in total. The minimum Gasteiger partial charge on any atom is -0.0735 e. The fourth-order valence-electron chi connectivity index (χ4n) is 3.81. The maximum Gasteiger partial charge on any atom is 0 e. The van der Waals surface area contributed by atoms with E-state index in [1.165, 1.54) is 64.8 Å². The molecule has 119 valence electrons. The van der Waals surface area contributed by atoms with Gasteiger partial charge in [0.1, 0.15) is 0 Å². The number of aryl methyl sites for hydroxylation is 1.